The lowest BCUT2D eigenvalue weighted by Crippen LogP contribution is -2.36. The van der Waals surface area contributed by atoms with E-state index < -0.39 is 10.0 Å². The zero-order chi connectivity index (χ0) is 18.7. The van der Waals surface area contributed by atoms with Gasteiger partial charge >= 0.3 is 0 Å². The lowest BCUT2D eigenvalue weighted by Gasteiger charge is -2.31. The van der Waals surface area contributed by atoms with E-state index in [1.54, 1.807) is 24.5 Å². The highest BCUT2D eigenvalue weighted by Crippen LogP contribution is 2.31. The van der Waals surface area contributed by atoms with Gasteiger partial charge in [-0.15, -0.1) is 0 Å². The van der Waals surface area contributed by atoms with Crippen molar-refractivity contribution in [1.29, 1.82) is 0 Å². The third kappa shape index (κ3) is 4.03. The van der Waals surface area contributed by atoms with E-state index in [-0.39, 0.29) is 16.9 Å². The van der Waals surface area contributed by atoms with E-state index in [4.69, 9.17) is 4.74 Å². The Bertz CT molecular complexity index is 1020. The first kappa shape index (κ1) is 18.1. The Balaban J connectivity index is 1.67. The minimum atomic E-state index is -3.67. The Morgan fingerprint density at radius 1 is 1.00 bits per heavy atom. The van der Waals surface area contributed by atoms with Crippen LogP contribution in [0, 0.1) is 5.92 Å². The van der Waals surface area contributed by atoms with E-state index in [2.05, 4.69) is 9.71 Å². The monoisotopic (exact) mass is 382 g/mol. The first-order valence-electron chi connectivity index (χ1n) is 9.12. The quantitative estimate of drug-likeness (QED) is 0.731. The van der Waals surface area contributed by atoms with Gasteiger partial charge in [-0.3, -0.25) is 4.98 Å². The molecular weight excluding hydrogens is 360 g/mol. The second kappa shape index (κ2) is 7.76. The maximum absolute atomic E-state index is 13.1. The van der Waals surface area contributed by atoms with Gasteiger partial charge in [0.2, 0.25) is 10.0 Å². The van der Waals surface area contributed by atoms with Crippen LogP contribution in [0.3, 0.4) is 0 Å². The second-order valence-electron chi connectivity index (χ2n) is 6.84. The summed E-state index contributed by atoms with van der Waals surface area (Å²) >= 11 is 0. The van der Waals surface area contributed by atoms with Gasteiger partial charge in [0.05, 0.1) is 10.9 Å². The van der Waals surface area contributed by atoms with Crippen LogP contribution in [0.15, 0.2) is 71.9 Å². The molecule has 6 heteroatoms. The molecule has 0 aliphatic carbocycles. The van der Waals surface area contributed by atoms with Crippen LogP contribution in [0.2, 0.25) is 0 Å². The van der Waals surface area contributed by atoms with Crippen LogP contribution < -0.4 is 4.72 Å². The predicted molar refractivity (Wildman–Crippen MR) is 105 cm³/mol. The van der Waals surface area contributed by atoms with Crippen LogP contribution in [-0.2, 0) is 14.8 Å². The zero-order valence-corrected chi connectivity index (χ0v) is 15.7. The number of hydrogen-bond donors (Lipinski definition) is 1. The van der Waals surface area contributed by atoms with E-state index in [0.717, 1.165) is 29.2 Å². The van der Waals surface area contributed by atoms with Gasteiger partial charge in [0.25, 0.3) is 0 Å². The predicted octanol–water partition coefficient (Wildman–Crippen LogP) is 3.68. The van der Waals surface area contributed by atoms with E-state index in [1.807, 2.05) is 42.5 Å². The molecule has 1 saturated heterocycles. The Labute approximate surface area is 159 Å². The molecule has 0 bridgehead atoms. The molecule has 3 aromatic rings. The van der Waals surface area contributed by atoms with E-state index in [1.165, 1.54) is 0 Å². The Kier molecular flexibility index (Phi) is 5.20. The standard InChI is InChI=1S/C21H22N2O3S/c24-27(25,20-8-7-16-4-1-2-5-18(16)14-20)23-21(17-9-12-26-13-10-17)19-6-3-11-22-15-19/h1-8,11,14-15,17,21,23H,9-10,12-13H2. The zero-order valence-electron chi connectivity index (χ0n) is 14.9. The van der Waals surface area contributed by atoms with Crippen molar-refractivity contribution in [3.8, 4) is 0 Å². The molecule has 2 aromatic carbocycles. The molecule has 1 atom stereocenters. The SMILES string of the molecule is O=S(=O)(NC(c1cccnc1)C1CCOCC1)c1ccc2ccccc2c1. The molecule has 1 aromatic heterocycles. The highest BCUT2D eigenvalue weighted by molar-refractivity contribution is 7.89. The van der Waals surface area contributed by atoms with Crippen molar-refractivity contribution in [3.05, 3.63) is 72.6 Å². The lowest BCUT2D eigenvalue weighted by molar-refractivity contribution is 0.0564. The van der Waals surface area contributed by atoms with Crippen molar-refractivity contribution in [3.63, 3.8) is 0 Å². The third-order valence-electron chi connectivity index (χ3n) is 5.09. The van der Waals surface area contributed by atoms with Crippen molar-refractivity contribution in [2.75, 3.05) is 13.2 Å². The molecule has 5 nitrogen and oxygen atoms in total. The number of benzene rings is 2. The summed E-state index contributed by atoms with van der Waals surface area (Å²) in [6, 6.07) is 16.4. The Morgan fingerprint density at radius 3 is 2.52 bits per heavy atom. The average Bonchev–Trinajstić information content (AvgIpc) is 2.73. The fraction of sp³-hybridized carbons (Fsp3) is 0.286. The van der Waals surface area contributed by atoms with Gasteiger partial charge in [-0.05, 0) is 53.3 Å². The number of sulfonamides is 1. The van der Waals surface area contributed by atoms with Crippen LogP contribution in [0.5, 0.6) is 0 Å². The van der Waals surface area contributed by atoms with Crippen molar-refractivity contribution >= 4 is 20.8 Å². The van der Waals surface area contributed by atoms with Crippen LogP contribution in [0.1, 0.15) is 24.4 Å². The summed E-state index contributed by atoms with van der Waals surface area (Å²) < 4.78 is 34.7. The van der Waals surface area contributed by atoms with Gasteiger partial charge in [-0.1, -0.05) is 36.4 Å². The van der Waals surface area contributed by atoms with Gasteiger partial charge in [-0.25, -0.2) is 13.1 Å². The second-order valence-corrected chi connectivity index (χ2v) is 8.56. The normalized spacial score (nSPS) is 17.0. The van der Waals surface area contributed by atoms with Crippen LogP contribution in [0.25, 0.3) is 10.8 Å². The molecule has 1 aliphatic heterocycles. The van der Waals surface area contributed by atoms with E-state index >= 15 is 0 Å². The minimum Gasteiger partial charge on any atom is -0.381 e. The number of fused-ring (bicyclic) bond motifs is 1. The van der Waals surface area contributed by atoms with Crippen LogP contribution >= 0.6 is 0 Å². The fourth-order valence-electron chi connectivity index (χ4n) is 3.62. The number of hydrogen-bond acceptors (Lipinski definition) is 4. The average molecular weight is 382 g/mol. The molecule has 2 heterocycles. The summed E-state index contributed by atoms with van der Waals surface area (Å²) in [6.45, 7) is 1.30. The third-order valence-corrected chi connectivity index (χ3v) is 6.53. The number of nitrogens with one attached hydrogen (secondary N) is 1. The summed E-state index contributed by atoms with van der Waals surface area (Å²) in [7, 11) is -3.67. The first-order valence-corrected chi connectivity index (χ1v) is 10.6. The number of ether oxygens (including phenoxy) is 1. The van der Waals surface area contributed by atoms with E-state index in [0.29, 0.717) is 13.2 Å². The van der Waals surface area contributed by atoms with Crippen molar-refractivity contribution < 1.29 is 13.2 Å². The Morgan fingerprint density at radius 2 is 1.78 bits per heavy atom. The van der Waals surface area contributed by atoms with Gasteiger partial charge < -0.3 is 4.74 Å². The molecule has 4 rings (SSSR count). The highest BCUT2D eigenvalue weighted by atomic mass is 32.2. The first-order chi connectivity index (χ1) is 13.1. The summed E-state index contributed by atoms with van der Waals surface area (Å²) in [6.07, 6.45) is 5.07. The lowest BCUT2D eigenvalue weighted by atomic mass is 9.88. The number of rotatable bonds is 5. The summed E-state index contributed by atoms with van der Waals surface area (Å²) in [4.78, 5) is 4.46. The molecule has 1 fully saturated rings. The maximum Gasteiger partial charge on any atom is 0.241 e. The minimum absolute atomic E-state index is 0.179. The molecule has 1 aliphatic rings. The molecule has 1 N–H and O–H groups in total. The molecule has 0 saturated carbocycles. The molecule has 1 unspecified atom stereocenters. The highest BCUT2D eigenvalue weighted by Gasteiger charge is 2.30. The Hall–Kier alpha value is -2.28. The van der Waals surface area contributed by atoms with Gasteiger partial charge in [0, 0.05) is 25.6 Å². The van der Waals surface area contributed by atoms with Gasteiger partial charge in [0.1, 0.15) is 0 Å². The molecule has 140 valence electrons. The van der Waals surface area contributed by atoms with Crippen molar-refractivity contribution in [2.45, 2.75) is 23.8 Å². The van der Waals surface area contributed by atoms with Gasteiger partial charge in [-0.2, -0.15) is 0 Å². The van der Waals surface area contributed by atoms with Gasteiger partial charge in [0.15, 0.2) is 0 Å². The smallest absolute Gasteiger partial charge is 0.241 e. The molecule has 27 heavy (non-hydrogen) atoms. The molecular formula is C21H22N2O3S. The van der Waals surface area contributed by atoms with Crippen LogP contribution in [-0.4, -0.2) is 26.6 Å². The number of aromatic nitrogens is 1. The van der Waals surface area contributed by atoms with E-state index in [9.17, 15) is 8.42 Å². The largest absolute Gasteiger partial charge is 0.381 e. The number of nitrogens with zero attached hydrogens (tertiary/aromatic N) is 1. The van der Waals surface area contributed by atoms with Crippen molar-refractivity contribution in [2.24, 2.45) is 5.92 Å². The summed E-state index contributed by atoms with van der Waals surface area (Å²) in [5, 5.41) is 1.93. The molecule has 0 amide bonds. The summed E-state index contributed by atoms with van der Waals surface area (Å²) in [5.74, 6) is 0.179. The summed E-state index contributed by atoms with van der Waals surface area (Å²) in [5.41, 5.74) is 0.883. The van der Waals surface area contributed by atoms with Crippen LogP contribution in [0.4, 0.5) is 0 Å². The topological polar surface area (TPSA) is 68.3 Å². The molecule has 0 spiro atoms. The number of pyridine rings is 1. The maximum atomic E-state index is 13.1. The van der Waals surface area contributed by atoms with Crippen molar-refractivity contribution in [1.82, 2.24) is 9.71 Å². The fourth-order valence-corrected chi connectivity index (χ4v) is 4.94. The molecule has 0 radical (unpaired) electrons.